The second kappa shape index (κ2) is 7.35. The summed E-state index contributed by atoms with van der Waals surface area (Å²) in [5.74, 6) is 1.39. The molecule has 26 heavy (non-hydrogen) atoms. The lowest BCUT2D eigenvalue weighted by molar-refractivity contribution is -0.140. The summed E-state index contributed by atoms with van der Waals surface area (Å²) >= 11 is 0. The van der Waals surface area contributed by atoms with Crippen LogP contribution in [-0.2, 0) is 4.79 Å². The topological polar surface area (TPSA) is 79.5 Å². The Morgan fingerprint density at radius 3 is 2.27 bits per heavy atom. The standard InChI is InChI=1S/C20H28N4O2/c21-18-14-4-3-5-15(18)13-16(12-14)19(25)23-8-10-24(11-9-23)20(26)17-6-1-2-7-22-17/h1-2,6-7,14-16,18H,3-5,8-13,21H2. The molecule has 1 aliphatic heterocycles. The van der Waals surface area contributed by atoms with Crippen molar-refractivity contribution in [2.75, 3.05) is 26.2 Å². The summed E-state index contributed by atoms with van der Waals surface area (Å²) in [6.07, 6.45) is 7.14. The van der Waals surface area contributed by atoms with Gasteiger partial charge in [0, 0.05) is 44.3 Å². The van der Waals surface area contributed by atoms with E-state index >= 15 is 0 Å². The summed E-state index contributed by atoms with van der Waals surface area (Å²) in [5, 5.41) is 0. The summed E-state index contributed by atoms with van der Waals surface area (Å²) in [7, 11) is 0. The highest BCUT2D eigenvalue weighted by Gasteiger charge is 2.42. The Bertz CT molecular complexity index is 643. The van der Waals surface area contributed by atoms with Gasteiger partial charge in [-0.2, -0.15) is 0 Å². The fourth-order valence-corrected chi connectivity index (χ4v) is 5.03. The van der Waals surface area contributed by atoms with Crippen molar-refractivity contribution in [3.8, 4) is 0 Å². The van der Waals surface area contributed by atoms with Crippen molar-refractivity contribution in [1.82, 2.24) is 14.8 Å². The van der Waals surface area contributed by atoms with E-state index in [2.05, 4.69) is 4.98 Å². The first-order chi connectivity index (χ1) is 12.6. The number of hydrogen-bond acceptors (Lipinski definition) is 4. The maximum atomic E-state index is 13.0. The van der Waals surface area contributed by atoms with E-state index in [0.29, 0.717) is 49.8 Å². The molecule has 2 aliphatic carbocycles. The molecular weight excluding hydrogens is 328 g/mol. The molecule has 3 aliphatic rings. The molecule has 4 rings (SSSR count). The number of rotatable bonds is 2. The molecule has 2 saturated carbocycles. The SMILES string of the molecule is NC1C2CCCC1CC(C(=O)N1CCN(C(=O)c3ccccn3)CC1)C2. The van der Waals surface area contributed by atoms with E-state index in [1.165, 1.54) is 19.3 Å². The first-order valence-corrected chi connectivity index (χ1v) is 9.88. The van der Waals surface area contributed by atoms with Gasteiger partial charge in [-0.3, -0.25) is 14.6 Å². The summed E-state index contributed by atoms with van der Waals surface area (Å²) in [6.45, 7) is 2.41. The molecule has 2 atom stereocenters. The van der Waals surface area contributed by atoms with Gasteiger partial charge in [-0.05, 0) is 49.7 Å². The van der Waals surface area contributed by atoms with Gasteiger partial charge in [0.05, 0.1) is 0 Å². The third kappa shape index (κ3) is 3.34. The third-order valence-corrected chi connectivity index (χ3v) is 6.52. The largest absolute Gasteiger partial charge is 0.339 e. The van der Waals surface area contributed by atoms with Crippen molar-refractivity contribution in [2.24, 2.45) is 23.5 Å². The van der Waals surface area contributed by atoms with Gasteiger partial charge in [0.2, 0.25) is 5.91 Å². The Morgan fingerprint density at radius 1 is 1.00 bits per heavy atom. The van der Waals surface area contributed by atoms with E-state index in [0.717, 1.165) is 12.8 Å². The molecule has 3 fully saturated rings. The Labute approximate surface area is 154 Å². The molecule has 2 bridgehead atoms. The third-order valence-electron chi connectivity index (χ3n) is 6.52. The quantitative estimate of drug-likeness (QED) is 0.871. The zero-order chi connectivity index (χ0) is 18.1. The maximum absolute atomic E-state index is 13.0. The molecule has 1 aromatic rings. The number of piperazine rings is 1. The van der Waals surface area contributed by atoms with Crippen molar-refractivity contribution < 1.29 is 9.59 Å². The van der Waals surface area contributed by atoms with Crippen LogP contribution in [0.3, 0.4) is 0 Å². The summed E-state index contributed by atoms with van der Waals surface area (Å²) in [5.41, 5.74) is 6.83. The van der Waals surface area contributed by atoms with Gasteiger partial charge in [0.15, 0.2) is 0 Å². The van der Waals surface area contributed by atoms with Crippen LogP contribution in [0.5, 0.6) is 0 Å². The van der Waals surface area contributed by atoms with Crippen LogP contribution in [-0.4, -0.2) is 58.8 Å². The van der Waals surface area contributed by atoms with Crippen LogP contribution >= 0.6 is 0 Å². The molecule has 0 aromatic carbocycles. The van der Waals surface area contributed by atoms with E-state index < -0.39 is 0 Å². The second-order valence-electron chi connectivity index (χ2n) is 8.03. The van der Waals surface area contributed by atoms with Gasteiger partial charge in [-0.1, -0.05) is 12.5 Å². The van der Waals surface area contributed by atoms with Crippen molar-refractivity contribution >= 4 is 11.8 Å². The first kappa shape index (κ1) is 17.5. The van der Waals surface area contributed by atoms with Crippen LogP contribution < -0.4 is 5.73 Å². The van der Waals surface area contributed by atoms with E-state index in [1.54, 1.807) is 23.2 Å². The summed E-state index contributed by atoms with van der Waals surface area (Å²) in [6, 6.07) is 5.66. The Kier molecular flexibility index (Phi) is 4.94. The number of carbonyl (C=O) groups is 2. The van der Waals surface area contributed by atoms with E-state index in [9.17, 15) is 9.59 Å². The highest BCUT2D eigenvalue weighted by molar-refractivity contribution is 5.92. The first-order valence-electron chi connectivity index (χ1n) is 9.88. The molecule has 0 spiro atoms. The number of pyridine rings is 1. The number of nitrogens with two attached hydrogens (primary N) is 1. The molecule has 0 radical (unpaired) electrons. The minimum absolute atomic E-state index is 0.0455. The monoisotopic (exact) mass is 356 g/mol. The number of carbonyl (C=O) groups excluding carboxylic acids is 2. The molecule has 6 nitrogen and oxygen atoms in total. The lowest BCUT2D eigenvalue weighted by Gasteiger charge is -2.45. The molecule has 2 N–H and O–H groups in total. The molecular formula is C20H28N4O2. The minimum atomic E-state index is -0.0455. The van der Waals surface area contributed by atoms with Crippen molar-refractivity contribution in [2.45, 2.75) is 38.1 Å². The maximum Gasteiger partial charge on any atom is 0.272 e. The molecule has 140 valence electrons. The molecule has 6 heteroatoms. The van der Waals surface area contributed by atoms with Crippen LogP contribution in [0, 0.1) is 17.8 Å². The number of amides is 2. The predicted molar refractivity (Wildman–Crippen MR) is 98.3 cm³/mol. The smallest absolute Gasteiger partial charge is 0.272 e. The van der Waals surface area contributed by atoms with Crippen LogP contribution in [0.1, 0.15) is 42.6 Å². The van der Waals surface area contributed by atoms with Gasteiger partial charge in [-0.25, -0.2) is 0 Å². The fraction of sp³-hybridized carbons (Fsp3) is 0.650. The molecule has 2 heterocycles. The number of aromatic nitrogens is 1. The molecule has 1 aromatic heterocycles. The fourth-order valence-electron chi connectivity index (χ4n) is 5.03. The summed E-state index contributed by atoms with van der Waals surface area (Å²) < 4.78 is 0. The normalized spacial score (nSPS) is 31.6. The Morgan fingerprint density at radius 2 is 1.65 bits per heavy atom. The Balaban J connectivity index is 1.33. The van der Waals surface area contributed by atoms with Gasteiger partial charge in [0.1, 0.15) is 5.69 Å². The van der Waals surface area contributed by atoms with Crippen molar-refractivity contribution in [3.63, 3.8) is 0 Å². The number of nitrogens with zero attached hydrogens (tertiary/aromatic N) is 3. The van der Waals surface area contributed by atoms with Crippen molar-refractivity contribution in [3.05, 3.63) is 30.1 Å². The highest BCUT2D eigenvalue weighted by Crippen LogP contribution is 2.42. The molecule has 2 amide bonds. The minimum Gasteiger partial charge on any atom is -0.339 e. The zero-order valence-corrected chi connectivity index (χ0v) is 15.2. The average molecular weight is 356 g/mol. The predicted octanol–water partition coefficient (Wildman–Crippen LogP) is 1.52. The van der Waals surface area contributed by atoms with Gasteiger partial charge in [0.25, 0.3) is 5.91 Å². The highest BCUT2D eigenvalue weighted by atomic mass is 16.2. The van der Waals surface area contributed by atoms with Crippen LogP contribution in [0.4, 0.5) is 0 Å². The number of hydrogen-bond donors (Lipinski definition) is 1. The molecule has 2 unspecified atom stereocenters. The lowest BCUT2D eigenvalue weighted by Crippen LogP contribution is -2.54. The summed E-state index contributed by atoms with van der Waals surface area (Å²) in [4.78, 5) is 33.4. The Hall–Kier alpha value is -1.95. The second-order valence-corrected chi connectivity index (χ2v) is 8.03. The zero-order valence-electron chi connectivity index (χ0n) is 15.2. The van der Waals surface area contributed by atoms with E-state index in [-0.39, 0.29) is 17.7 Å². The van der Waals surface area contributed by atoms with Gasteiger partial charge < -0.3 is 15.5 Å². The van der Waals surface area contributed by atoms with Crippen LogP contribution in [0.15, 0.2) is 24.4 Å². The molecule has 1 saturated heterocycles. The van der Waals surface area contributed by atoms with E-state index in [4.69, 9.17) is 5.73 Å². The van der Waals surface area contributed by atoms with Crippen molar-refractivity contribution in [1.29, 1.82) is 0 Å². The van der Waals surface area contributed by atoms with Crippen LogP contribution in [0.2, 0.25) is 0 Å². The van der Waals surface area contributed by atoms with E-state index in [1.807, 2.05) is 11.0 Å². The number of fused-ring (bicyclic) bond motifs is 2. The van der Waals surface area contributed by atoms with Crippen LogP contribution in [0.25, 0.3) is 0 Å². The lowest BCUT2D eigenvalue weighted by atomic mass is 9.65. The van der Waals surface area contributed by atoms with Gasteiger partial charge >= 0.3 is 0 Å². The van der Waals surface area contributed by atoms with Gasteiger partial charge in [-0.15, -0.1) is 0 Å². The average Bonchev–Trinajstić information content (AvgIpc) is 2.67.